The Morgan fingerprint density at radius 2 is 1.77 bits per heavy atom. The van der Waals surface area contributed by atoms with Crippen LogP contribution in [0.15, 0.2) is 72.8 Å². The number of hydrogen-bond acceptors (Lipinski definition) is 3. The van der Waals surface area contributed by atoms with Crippen molar-refractivity contribution in [2.24, 2.45) is 5.73 Å². The van der Waals surface area contributed by atoms with Crippen molar-refractivity contribution < 1.29 is 18.7 Å². The number of nitrogens with zero attached hydrogens (tertiary/aromatic N) is 1. The Bertz CT molecular complexity index is 1080. The van der Waals surface area contributed by atoms with Crippen molar-refractivity contribution in [3.8, 4) is 5.75 Å². The second-order valence-electron chi connectivity index (χ2n) is 7.59. The highest BCUT2D eigenvalue weighted by Crippen LogP contribution is 2.26. The third kappa shape index (κ3) is 4.74. The van der Waals surface area contributed by atoms with Crippen LogP contribution >= 0.6 is 0 Å². The van der Waals surface area contributed by atoms with E-state index < -0.39 is 11.9 Å². The Balaban J connectivity index is 1.48. The van der Waals surface area contributed by atoms with Gasteiger partial charge in [-0.05, 0) is 53.4 Å². The van der Waals surface area contributed by atoms with Crippen LogP contribution in [0.5, 0.6) is 5.75 Å². The maximum absolute atomic E-state index is 13.1. The van der Waals surface area contributed by atoms with Gasteiger partial charge in [0, 0.05) is 18.5 Å². The van der Waals surface area contributed by atoms with Crippen molar-refractivity contribution in [2.75, 3.05) is 6.54 Å². The summed E-state index contributed by atoms with van der Waals surface area (Å²) in [6.45, 7) is 0.716. The van der Waals surface area contributed by atoms with Crippen molar-refractivity contribution in [3.63, 3.8) is 0 Å². The number of nitrogens with two attached hydrogens (primary N) is 1. The zero-order valence-electron chi connectivity index (χ0n) is 17.0. The number of ether oxygens (including phenoxy) is 1. The molecule has 1 aliphatic heterocycles. The molecule has 0 unspecified atom stereocenters. The van der Waals surface area contributed by atoms with Gasteiger partial charge in [-0.15, -0.1) is 0 Å². The summed E-state index contributed by atoms with van der Waals surface area (Å²) < 4.78 is 18.8. The van der Waals surface area contributed by atoms with E-state index in [1.165, 1.54) is 12.1 Å². The third-order valence-electron chi connectivity index (χ3n) is 5.49. The summed E-state index contributed by atoms with van der Waals surface area (Å²) in [5.41, 5.74) is 8.89. The Hall–Kier alpha value is -3.67. The molecular weight excluding hydrogens is 395 g/mol. The summed E-state index contributed by atoms with van der Waals surface area (Å²) in [7, 11) is 0. The predicted octanol–water partition coefficient (Wildman–Crippen LogP) is 3.50. The zero-order valence-corrected chi connectivity index (χ0v) is 17.0. The van der Waals surface area contributed by atoms with E-state index >= 15 is 0 Å². The molecule has 1 atom stereocenters. The molecule has 6 heteroatoms. The van der Waals surface area contributed by atoms with Gasteiger partial charge in [0.1, 0.15) is 24.2 Å². The minimum absolute atomic E-state index is 0.203. The smallest absolute Gasteiger partial charge is 0.254 e. The zero-order chi connectivity index (χ0) is 21.8. The normalized spacial score (nSPS) is 14.1. The maximum Gasteiger partial charge on any atom is 0.254 e. The summed E-state index contributed by atoms with van der Waals surface area (Å²) in [4.78, 5) is 26.8. The fraction of sp³-hybridized carbons (Fsp3) is 0.200. The lowest BCUT2D eigenvalue weighted by Crippen LogP contribution is -2.51. The summed E-state index contributed by atoms with van der Waals surface area (Å²) in [5, 5.41) is 0. The number of halogens is 1. The van der Waals surface area contributed by atoms with Crippen LogP contribution in [0, 0.1) is 5.82 Å². The number of primary amides is 1. The van der Waals surface area contributed by atoms with Gasteiger partial charge in [-0.2, -0.15) is 0 Å². The molecule has 0 aliphatic carbocycles. The van der Waals surface area contributed by atoms with Crippen molar-refractivity contribution in [3.05, 3.63) is 101 Å². The second-order valence-corrected chi connectivity index (χ2v) is 7.59. The highest BCUT2D eigenvalue weighted by atomic mass is 19.1. The topological polar surface area (TPSA) is 72.6 Å². The molecule has 2 N–H and O–H groups in total. The quantitative estimate of drug-likeness (QED) is 0.638. The van der Waals surface area contributed by atoms with E-state index in [0.717, 1.165) is 16.7 Å². The average Bonchev–Trinajstić information content (AvgIpc) is 2.78. The molecular formula is C25H23FN2O3. The van der Waals surface area contributed by atoms with Gasteiger partial charge in [0.05, 0.1) is 0 Å². The molecule has 0 aromatic heterocycles. The molecule has 0 bridgehead atoms. The maximum atomic E-state index is 13.1. The molecule has 5 nitrogen and oxygen atoms in total. The predicted molar refractivity (Wildman–Crippen MR) is 115 cm³/mol. The van der Waals surface area contributed by atoms with Crippen LogP contribution in [0.3, 0.4) is 0 Å². The van der Waals surface area contributed by atoms with Crippen molar-refractivity contribution in [1.82, 2.24) is 4.90 Å². The van der Waals surface area contributed by atoms with Crippen LogP contribution in [-0.4, -0.2) is 29.3 Å². The van der Waals surface area contributed by atoms with E-state index in [-0.39, 0.29) is 11.7 Å². The van der Waals surface area contributed by atoms with Crippen LogP contribution < -0.4 is 10.5 Å². The highest BCUT2D eigenvalue weighted by Gasteiger charge is 2.33. The SMILES string of the molecule is NC(=O)[C@@H](Cc1ccccc1)N1CCc2cc(OCc3ccc(F)cc3)ccc2C1=O. The number of benzene rings is 3. The Labute approximate surface area is 180 Å². The lowest BCUT2D eigenvalue weighted by molar-refractivity contribution is -0.122. The number of amides is 2. The molecule has 0 fully saturated rings. The van der Waals surface area contributed by atoms with E-state index in [1.54, 1.807) is 29.2 Å². The first-order chi connectivity index (χ1) is 15.0. The third-order valence-corrected chi connectivity index (χ3v) is 5.49. The summed E-state index contributed by atoms with van der Waals surface area (Å²) in [6.07, 6.45) is 0.990. The minimum atomic E-state index is -0.697. The molecule has 31 heavy (non-hydrogen) atoms. The van der Waals surface area contributed by atoms with Crippen molar-refractivity contribution >= 4 is 11.8 Å². The van der Waals surface area contributed by atoms with E-state index in [1.807, 2.05) is 36.4 Å². The molecule has 1 aliphatic rings. The minimum Gasteiger partial charge on any atom is -0.489 e. The Morgan fingerprint density at radius 1 is 1.03 bits per heavy atom. The van der Waals surface area contributed by atoms with Crippen molar-refractivity contribution in [2.45, 2.75) is 25.5 Å². The van der Waals surface area contributed by atoms with Crippen LogP contribution in [0.25, 0.3) is 0 Å². The molecule has 0 saturated heterocycles. The number of rotatable bonds is 7. The van der Waals surface area contributed by atoms with E-state index in [9.17, 15) is 14.0 Å². The Kier molecular flexibility index (Phi) is 5.98. The van der Waals surface area contributed by atoms with Crippen LogP contribution in [0.1, 0.15) is 27.0 Å². The monoisotopic (exact) mass is 418 g/mol. The van der Waals surface area contributed by atoms with Gasteiger partial charge in [0.15, 0.2) is 0 Å². The van der Waals surface area contributed by atoms with E-state index in [4.69, 9.17) is 10.5 Å². The molecule has 3 aromatic carbocycles. The van der Waals surface area contributed by atoms with Gasteiger partial charge in [-0.1, -0.05) is 42.5 Å². The van der Waals surface area contributed by atoms with Gasteiger partial charge in [-0.25, -0.2) is 4.39 Å². The van der Waals surface area contributed by atoms with Gasteiger partial charge in [0.25, 0.3) is 5.91 Å². The first-order valence-electron chi connectivity index (χ1n) is 10.2. The number of fused-ring (bicyclic) bond motifs is 1. The number of carbonyl (C=O) groups is 2. The fourth-order valence-electron chi connectivity index (χ4n) is 3.82. The molecule has 4 rings (SSSR count). The molecule has 158 valence electrons. The van der Waals surface area contributed by atoms with Gasteiger partial charge >= 0.3 is 0 Å². The van der Waals surface area contributed by atoms with Crippen LogP contribution in [0.2, 0.25) is 0 Å². The standard InChI is InChI=1S/C25H23FN2O3/c26-20-8-6-18(7-9-20)16-31-21-10-11-22-19(15-21)12-13-28(25(22)30)23(24(27)29)14-17-4-2-1-3-5-17/h1-11,15,23H,12-14,16H2,(H2,27,29)/t23-/m1/s1. The highest BCUT2D eigenvalue weighted by molar-refractivity contribution is 5.99. The average molecular weight is 418 g/mol. The molecule has 0 saturated carbocycles. The van der Waals surface area contributed by atoms with E-state index in [2.05, 4.69) is 0 Å². The lowest BCUT2D eigenvalue weighted by atomic mass is 9.95. The van der Waals surface area contributed by atoms with E-state index in [0.29, 0.717) is 37.3 Å². The second kappa shape index (κ2) is 9.00. The fourth-order valence-corrected chi connectivity index (χ4v) is 3.82. The summed E-state index contributed by atoms with van der Waals surface area (Å²) in [6, 6.07) is 20.3. The molecule has 1 heterocycles. The van der Waals surface area contributed by atoms with Crippen molar-refractivity contribution in [1.29, 1.82) is 0 Å². The van der Waals surface area contributed by atoms with Gasteiger partial charge < -0.3 is 15.4 Å². The first kappa shape index (κ1) is 20.6. The molecule has 0 spiro atoms. The Morgan fingerprint density at radius 3 is 2.48 bits per heavy atom. The lowest BCUT2D eigenvalue weighted by Gasteiger charge is -2.34. The number of carbonyl (C=O) groups excluding carboxylic acids is 2. The van der Waals surface area contributed by atoms with Crippen LogP contribution in [0.4, 0.5) is 4.39 Å². The summed E-state index contributed by atoms with van der Waals surface area (Å²) >= 11 is 0. The largest absolute Gasteiger partial charge is 0.489 e. The van der Waals surface area contributed by atoms with Crippen LogP contribution in [-0.2, 0) is 24.2 Å². The van der Waals surface area contributed by atoms with Gasteiger partial charge in [0.2, 0.25) is 5.91 Å². The molecule has 0 radical (unpaired) electrons. The summed E-state index contributed by atoms with van der Waals surface area (Å²) in [5.74, 6) is -0.367. The number of hydrogen-bond donors (Lipinski definition) is 1. The molecule has 3 aromatic rings. The first-order valence-corrected chi connectivity index (χ1v) is 10.2. The molecule has 2 amide bonds. The van der Waals surface area contributed by atoms with Gasteiger partial charge in [-0.3, -0.25) is 9.59 Å².